The van der Waals surface area contributed by atoms with Gasteiger partial charge < -0.3 is 9.80 Å². The summed E-state index contributed by atoms with van der Waals surface area (Å²) in [7, 11) is 3.54. The Balaban J connectivity index is 2.47. The van der Waals surface area contributed by atoms with Crippen LogP contribution in [0.1, 0.15) is 6.42 Å². The predicted octanol–water partition coefficient (Wildman–Crippen LogP) is 0.733. The predicted molar refractivity (Wildman–Crippen MR) is 43.1 cm³/mol. The minimum absolute atomic E-state index is 0.0859. The third-order valence-corrected chi connectivity index (χ3v) is 1.64. The first-order chi connectivity index (χ1) is 5.22. The lowest BCUT2D eigenvalue weighted by Gasteiger charge is -2.26. The summed E-state index contributed by atoms with van der Waals surface area (Å²) in [6.45, 7) is 1.50. The van der Waals surface area contributed by atoms with Crippen LogP contribution in [0.4, 0.5) is 4.79 Å². The van der Waals surface area contributed by atoms with E-state index in [-0.39, 0.29) is 6.03 Å². The molecule has 0 bridgehead atoms. The molecular weight excluding hydrogens is 140 g/mol. The summed E-state index contributed by atoms with van der Waals surface area (Å²) < 4.78 is 0. The molecule has 0 saturated heterocycles. The molecule has 0 unspecified atom stereocenters. The summed E-state index contributed by atoms with van der Waals surface area (Å²) in [6.07, 6.45) is 5.84. The number of hydrogen-bond acceptors (Lipinski definition) is 1. The molecule has 3 heteroatoms. The number of rotatable bonds is 0. The molecule has 0 atom stereocenters. The number of hydrogen-bond donors (Lipinski definition) is 0. The van der Waals surface area contributed by atoms with Crippen molar-refractivity contribution in [3.8, 4) is 0 Å². The van der Waals surface area contributed by atoms with Crippen LogP contribution in [-0.4, -0.2) is 43.0 Å². The van der Waals surface area contributed by atoms with Crippen LogP contribution in [0.3, 0.4) is 0 Å². The molecule has 61 valence electrons. The van der Waals surface area contributed by atoms with Gasteiger partial charge in [-0.25, -0.2) is 4.79 Å². The summed E-state index contributed by atoms with van der Waals surface area (Å²) in [5, 5.41) is 0. The van der Waals surface area contributed by atoms with Crippen LogP contribution in [0.25, 0.3) is 0 Å². The van der Waals surface area contributed by atoms with Crippen LogP contribution >= 0.6 is 0 Å². The van der Waals surface area contributed by atoms with Crippen LogP contribution in [0, 0.1) is 6.08 Å². The Morgan fingerprint density at radius 2 is 2.36 bits per heavy atom. The number of carbonyl (C=O) groups is 1. The zero-order valence-electron chi connectivity index (χ0n) is 7.00. The van der Waals surface area contributed by atoms with Gasteiger partial charge in [0.15, 0.2) is 0 Å². The van der Waals surface area contributed by atoms with Crippen molar-refractivity contribution >= 4 is 6.03 Å². The van der Waals surface area contributed by atoms with E-state index in [9.17, 15) is 4.79 Å². The van der Waals surface area contributed by atoms with E-state index in [1.807, 2.05) is 6.08 Å². The Morgan fingerprint density at radius 1 is 1.64 bits per heavy atom. The van der Waals surface area contributed by atoms with E-state index >= 15 is 0 Å². The summed E-state index contributed by atoms with van der Waals surface area (Å²) in [4.78, 5) is 14.7. The molecule has 1 radical (unpaired) electrons. The van der Waals surface area contributed by atoms with Crippen LogP contribution < -0.4 is 0 Å². The second-order valence-corrected chi connectivity index (χ2v) is 2.78. The summed E-state index contributed by atoms with van der Waals surface area (Å²) in [5.74, 6) is 0. The molecule has 3 nitrogen and oxygen atoms in total. The Morgan fingerprint density at radius 3 is 2.82 bits per heavy atom. The second kappa shape index (κ2) is 3.42. The van der Waals surface area contributed by atoms with Gasteiger partial charge >= 0.3 is 6.03 Å². The van der Waals surface area contributed by atoms with Crippen molar-refractivity contribution in [2.75, 3.05) is 27.2 Å². The molecule has 0 aliphatic carbocycles. The van der Waals surface area contributed by atoms with Crippen molar-refractivity contribution in [2.45, 2.75) is 6.42 Å². The highest BCUT2D eigenvalue weighted by atomic mass is 16.2. The van der Waals surface area contributed by atoms with Crippen molar-refractivity contribution in [3.63, 3.8) is 0 Å². The van der Waals surface area contributed by atoms with Gasteiger partial charge in [0.05, 0.1) is 0 Å². The summed E-state index contributed by atoms with van der Waals surface area (Å²) >= 11 is 0. The molecule has 11 heavy (non-hydrogen) atoms. The van der Waals surface area contributed by atoms with E-state index in [2.05, 4.69) is 6.08 Å². The SMILES string of the molecule is CN(C)C(=O)N1CC=[C]CC1. The zero-order valence-corrected chi connectivity index (χ0v) is 7.00. The molecule has 0 saturated carbocycles. The van der Waals surface area contributed by atoms with Gasteiger partial charge in [-0.3, -0.25) is 0 Å². The normalized spacial score (nSPS) is 16.7. The standard InChI is InChI=1S/C8H13N2O/c1-9(2)8(11)10-6-4-3-5-7-10/h4H,5-7H2,1-2H3. The molecule has 0 aromatic heterocycles. The molecule has 1 aliphatic rings. The van der Waals surface area contributed by atoms with E-state index in [0.717, 1.165) is 13.0 Å². The lowest BCUT2D eigenvalue weighted by atomic mass is 10.3. The molecule has 2 amide bonds. The van der Waals surface area contributed by atoms with Crippen molar-refractivity contribution < 1.29 is 4.79 Å². The van der Waals surface area contributed by atoms with E-state index in [1.54, 1.807) is 23.9 Å². The summed E-state index contributed by atoms with van der Waals surface area (Å²) in [5.41, 5.74) is 0. The average Bonchev–Trinajstić information content (AvgIpc) is 2.05. The molecule has 0 N–H and O–H groups in total. The highest BCUT2D eigenvalue weighted by Crippen LogP contribution is 2.02. The minimum atomic E-state index is 0.0859. The molecule has 1 heterocycles. The Kier molecular flexibility index (Phi) is 2.52. The summed E-state index contributed by atoms with van der Waals surface area (Å²) in [6, 6.07) is 0.0859. The largest absolute Gasteiger partial charge is 0.331 e. The molecule has 1 rings (SSSR count). The Hall–Kier alpha value is -0.990. The van der Waals surface area contributed by atoms with Crippen molar-refractivity contribution in [1.82, 2.24) is 9.80 Å². The van der Waals surface area contributed by atoms with E-state index < -0.39 is 0 Å². The average molecular weight is 153 g/mol. The highest BCUT2D eigenvalue weighted by molar-refractivity contribution is 5.74. The Labute approximate surface area is 67.3 Å². The van der Waals surface area contributed by atoms with Gasteiger partial charge in [-0.1, -0.05) is 6.08 Å². The molecule has 0 aromatic rings. The number of nitrogens with zero attached hydrogens (tertiary/aromatic N) is 2. The molecule has 0 spiro atoms. The van der Waals surface area contributed by atoms with Gasteiger partial charge in [-0.05, 0) is 12.5 Å². The first kappa shape index (κ1) is 8.11. The maximum absolute atomic E-state index is 11.3. The van der Waals surface area contributed by atoms with Gasteiger partial charge in [-0.15, -0.1) is 0 Å². The maximum atomic E-state index is 11.3. The lowest BCUT2D eigenvalue weighted by molar-refractivity contribution is 0.175. The first-order valence-electron chi connectivity index (χ1n) is 3.73. The van der Waals surface area contributed by atoms with Crippen molar-refractivity contribution in [1.29, 1.82) is 0 Å². The quantitative estimate of drug-likeness (QED) is 0.503. The van der Waals surface area contributed by atoms with Crippen LogP contribution in [0.5, 0.6) is 0 Å². The van der Waals surface area contributed by atoms with Gasteiger partial charge in [0.2, 0.25) is 0 Å². The van der Waals surface area contributed by atoms with E-state index in [1.165, 1.54) is 0 Å². The lowest BCUT2D eigenvalue weighted by Crippen LogP contribution is -2.40. The molecule has 0 fully saturated rings. The number of urea groups is 1. The van der Waals surface area contributed by atoms with E-state index in [4.69, 9.17) is 0 Å². The fraction of sp³-hybridized carbons (Fsp3) is 0.625. The highest BCUT2D eigenvalue weighted by Gasteiger charge is 2.14. The van der Waals surface area contributed by atoms with Crippen molar-refractivity contribution in [3.05, 3.63) is 12.2 Å². The zero-order chi connectivity index (χ0) is 8.27. The maximum Gasteiger partial charge on any atom is 0.319 e. The van der Waals surface area contributed by atoms with Crippen molar-refractivity contribution in [2.24, 2.45) is 0 Å². The number of carbonyl (C=O) groups excluding carboxylic acids is 1. The van der Waals surface area contributed by atoms with Gasteiger partial charge in [-0.2, -0.15) is 0 Å². The smallest absolute Gasteiger partial charge is 0.319 e. The topological polar surface area (TPSA) is 23.6 Å². The third kappa shape index (κ3) is 1.97. The molecular formula is C8H13N2O. The van der Waals surface area contributed by atoms with Crippen LogP contribution in [-0.2, 0) is 0 Å². The second-order valence-electron chi connectivity index (χ2n) is 2.78. The molecule has 0 aromatic carbocycles. The van der Waals surface area contributed by atoms with Gasteiger partial charge in [0.1, 0.15) is 0 Å². The van der Waals surface area contributed by atoms with Gasteiger partial charge in [0.25, 0.3) is 0 Å². The monoisotopic (exact) mass is 153 g/mol. The first-order valence-corrected chi connectivity index (χ1v) is 3.73. The fourth-order valence-electron chi connectivity index (χ4n) is 1.02. The minimum Gasteiger partial charge on any atom is -0.331 e. The third-order valence-electron chi connectivity index (χ3n) is 1.64. The van der Waals surface area contributed by atoms with Crippen LogP contribution in [0.15, 0.2) is 6.08 Å². The molecule has 1 aliphatic heterocycles. The van der Waals surface area contributed by atoms with Gasteiger partial charge in [0, 0.05) is 27.2 Å². The fourth-order valence-corrected chi connectivity index (χ4v) is 1.02. The Bertz CT molecular complexity index is 175. The van der Waals surface area contributed by atoms with E-state index in [0.29, 0.717) is 6.54 Å². The van der Waals surface area contributed by atoms with Crippen LogP contribution in [0.2, 0.25) is 0 Å². The number of amides is 2.